The van der Waals surface area contributed by atoms with Crippen LogP contribution in [0.1, 0.15) is 47.2 Å². The molecule has 1 aromatic carbocycles. The fourth-order valence-electron chi connectivity index (χ4n) is 3.93. The van der Waals surface area contributed by atoms with Crippen LogP contribution in [-0.2, 0) is 16.0 Å². The Labute approximate surface area is 185 Å². The van der Waals surface area contributed by atoms with Gasteiger partial charge in [-0.25, -0.2) is 23.3 Å². The maximum atomic E-state index is 13.7. The van der Waals surface area contributed by atoms with Crippen LogP contribution in [0, 0.1) is 6.92 Å². The van der Waals surface area contributed by atoms with Gasteiger partial charge in [-0.05, 0) is 50.3 Å². The van der Waals surface area contributed by atoms with Crippen LogP contribution in [-0.4, -0.2) is 46.8 Å². The Bertz CT molecular complexity index is 1110. The molecule has 13 heteroatoms. The molecule has 0 radical (unpaired) electrons. The first kappa shape index (κ1) is 24.9. The summed E-state index contributed by atoms with van der Waals surface area (Å²) in [6.07, 6.45) is -7.90. The van der Waals surface area contributed by atoms with Crippen LogP contribution in [0.2, 0.25) is 0 Å². The van der Waals surface area contributed by atoms with Crippen molar-refractivity contribution in [2.75, 3.05) is 0 Å². The summed E-state index contributed by atoms with van der Waals surface area (Å²) in [5.74, 6) is -1.36. The molecular weight excluding hydrogens is 476 g/mol. The van der Waals surface area contributed by atoms with E-state index in [0.717, 1.165) is 30.9 Å². The molecule has 1 aliphatic carbocycles. The molecule has 1 fully saturated rings. The fraction of sp³-hybridized carbons (Fsp3) is 0.450. The van der Waals surface area contributed by atoms with Crippen LogP contribution < -0.4 is 0 Å². The smallest absolute Gasteiger partial charge is 0.269 e. The summed E-state index contributed by atoms with van der Waals surface area (Å²) in [7, 11) is -4.22. The third-order valence-electron chi connectivity index (χ3n) is 5.59. The highest BCUT2D eigenvalue weighted by Gasteiger charge is 2.48. The van der Waals surface area contributed by atoms with Crippen molar-refractivity contribution in [1.82, 2.24) is 14.9 Å². The lowest BCUT2D eigenvalue weighted by molar-refractivity contribution is -0.238. The number of aromatic nitrogens is 2. The number of aryl methyl sites for hydroxylation is 1. The van der Waals surface area contributed by atoms with Crippen LogP contribution in [0.25, 0.3) is 0 Å². The van der Waals surface area contributed by atoms with Gasteiger partial charge in [0.2, 0.25) is 0 Å². The largest absolute Gasteiger partial charge is 0.487 e. The monoisotopic (exact) mass is 495 g/mol. The van der Waals surface area contributed by atoms with Crippen molar-refractivity contribution in [1.29, 1.82) is 0 Å². The number of rotatable bonds is 4. The van der Waals surface area contributed by atoms with Crippen molar-refractivity contribution >= 4 is 15.7 Å². The Morgan fingerprint density at radius 2 is 1.58 bits per heavy atom. The molecule has 0 atom stereocenters. The van der Waals surface area contributed by atoms with Gasteiger partial charge in [-0.3, -0.25) is 4.79 Å². The quantitative estimate of drug-likeness (QED) is 0.459. The highest BCUT2D eigenvalue weighted by atomic mass is 32.2. The molecule has 1 heterocycles. The number of hydrogen-bond acceptors (Lipinski definition) is 5. The van der Waals surface area contributed by atoms with E-state index in [2.05, 4.69) is 9.97 Å². The molecule has 0 unspecified atom stereocenters. The van der Waals surface area contributed by atoms with Crippen LogP contribution in [0.15, 0.2) is 41.8 Å². The molecule has 3 rings (SSSR count). The van der Waals surface area contributed by atoms with Crippen LogP contribution >= 0.6 is 0 Å². The van der Waals surface area contributed by atoms with Gasteiger partial charge < -0.3 is 0 Å². The molecular formula is C20H19F6N3O3S. The lowest BCUT2D eigenvalue weighted by atomic mass is 9.93. The third-order valence-corrected chi connectivity index (χ3v) is 7.85. The molecule has 1 aliphatic rings. The van der Waals surface area contributed by atoms with Crippen LogP contribution in [0.4, 0.5) is 26.3 Å². The molecule has 0 spiro atoms. The lowest BCUT2D eigenvalue weighted by Crippen LogP contribution is -2.51. The molecule has 0 aliphatic heterocycles. The fourth-order valence-corrected chi connectivity index (χ4v) is 5.74. The predicted octanol–water partition coefficient (Wildman–Crippen LogP) is 4.55. The summed E-state index contributed by atoms with van der Waals surface area (Å²) < 4.78 is 106. The van der Waals surface area contributed by atoms with Gasteiger partial charge in [0.05, 0.1) is 21.3 Å². The minimum atomic E-state index is -5.03. The SMILES string of the molecule is Cc1ccc(S(=O)(=O)C2CCC(N(C(=O)c3cncnc3)C(F)(F)F)CC2)cc1C(F)(F)F. The minimum absolute atomic E-state index is 0.144. The third kappa shape index (κ3) is 5.28. The van der Waals surface area contributed by atoms with Gasteiger partial charge in [-0.1, -0.05) is 6.07 Å². The highest BCUT2D eigenvalue weighted by molar-refractivity contribution is 7.92. The number of halogens is 6. The molecule has 180 valence electrons. The van der Waals surface area contributed by atoms with Crippen molar-refractivity contribution in [2.24, 2.45) is 0 Å². The number of benzene rings is 1. The van der Waals surface area contributed by atoms with Crippen molar-refractivity contribution in [3.63, 3.8) is 0 Å². The zero-order chi connectivity index (χ0) is 24.6. The Kier molecular flexibility index (Phi) is 6.74. The van der Waals surface area contributed by atoms with E-state index in [-0.39, 0.29) is 41.7 Å². The van der Waals surface area contributed by atoms with Crippen molar-refractivity contribution in [2.45, 2.75) is 61.3 Å². The molecule has 0 bridgehead atoms. The Morgan fingerprint density at radius 3 is 2.09 bits per heavy atom. The number of nitrogens with zero attached hydrogens (tertiary/aromatic N) is 3. The van der Waals surface area contributed by atoms with Crippen molar-refractivity contribution in [3.8, 4) is 0 Å². The molecule has 2 aromatic rings. The molecule has 0 N–H and O–H groups in total. The van der Waals surface area contributed by atoms with Gasteiger partial charge in [0.15, 0.2) is 9.84 Å². The summed E-state index contributed by atoms with van der Waals surface area (Å²) in [6.45, 7) is 1.20. The molecule has 1 aromatic heterocycles. The zero-order valence-corrected chi connectivity index (χ0v) is 18.0. The summed E-state index contributed by atoms with van der Waals surface area (Å²) in [5, 5.41) is -1.16. The number of carbonyl (C=O) groups excluding carboxylic acids is 1. The second kappa shape index (κ2) is 8.92. The number of amides is 1. The number of carbonyl (C=O) groups is 1. The van der Waals surface area contributed by atoms with E-state index in [4.69, 9.17) is 0 Å². The van der Waals surface area contributed by atoms with Crippen molar-refractivity contribution in [3.05, 3.63) is 53.6 Å². The first-order chi connectivity index (χ1) is 15.2. The molecule has 33 heavy (non-hydrogen) atoms. The average molecular weight is 495 g/mol. The summed E-state index contributed by atoms with van der Waals surface area (Å²) in [4.78, 5) is 18.7. The van der Waals surface area contributed by atoms with Gasteiger partial charge in [0.1, 0.15) is 6.33 Å². The van der Waals surface area contributed by atoms with E-state index in [1.165, 1.54) is 6.92 Å². The van der Waals surface area contributed by atoms with E-state index >= 15 is 0 Å². The Morgan fingerprint density at radius 1 is 1.00 bits per heavy atom. The van der Waals surface area contributed by atoms with Gasteiger partial charge in [-0.15, -0.1) is 13.2 Å². The first-order valence-electron chi connectivity index (χ1n) is 9.80. The highest BCUT2D eigenvalue weighted by Crippen LogP contribution is 2.38. The van der Waals surface area contributed by atoms with Gasteiger partial charge in [0, 0.05) is 18.4 Å². The maximum Gasteiger partial charge on any atom is 0.487 e. The minimum Gasteiger partial charge on any atom is -0.269 e. The Hall–Kier alpha value is -2.70. The van der Waals surface area contributed by atoms with E-state index in [1.54, 1.807) is 0 Å². The van der Waals surface area contributed by atoms with E-state index in [0.29, 0.717) is 6.07 Å². The van der Waals surface area contributed by atoms with Gasteiger partial charge in [0.25, 0.3) is 5.91 Å². The average Bonchev–Trinajstić information content (AvgIpc) is 2.73. The number of alkyl halides is 6. The summed E-state index contributed by atoms with van der Waals surface area (Å²) in [6, 6.07) is 1.34. The second-order valence-corrected chi connectivity index (χ2v) is 9.95. The molecule has 1 amide bonds. The molecule has 1 saturated carbocycles. The number of sulfone groups is 1. The van der Waals surface area contributed by atoms with Gasteiger partial charge >= 0.3 is 12.5 Å². The van der Waals surface area contributed by atoms with E-state index < -0.39 is 50.0 Å². The summed E-state index contributed by atoms with van der Waals surface area (Å²) >= 11 is 0. The maximum absolute atomic E-state index is 13.7. The zero-order valence-electron chi connectivity index (χ0n) is 17.2. The topological polar surface area (TPSA) is 80.2 Å². The normalized spacial score (nSPS) is 19.8. The van der Waals surface area contributed by atoms with E-state index in [1.807, 2.05) is 0 Å². The van der Waals surface area contributed by atoms with E-state index in [9.17, 15) is 39.6 Å². The molecule has 6 nitrogen and oxygen atoms in total. The number of hydrogen-bond donors (Lipinski definition) is 0. The van der Waals surface area contributed by atoms with Crippen molar-refractivity contribution < 1.29 is 39.6 Å². The predicted molar refractivity (Wildman–Crippen MR) is 104 cm³/mol. The standard InChI is InChI=1S/C20H19F6N3O3S/c1-12-2-5-16(8-17(12)19(21,22)23)33(31,32)15-6-3-14(4-7-15)29(20(24,25)26)18(30)13-9-27-11-28-10-13/h2,5,8-11,14-15H,3-4,6-7H2,1H3. The second-order valence-electron chi connectivity index (χ2n) is 7.72. The first-order valence-corrected chi connectivity index (χ1v) is 11.3. The summed E-state index contributed by atoms with van der Waals surface area (Å²) in [5.41, 5.74) is -1.60. The Balaban J connectivity index is 1.81. The van der Waals surface area contributed by atoms with Crippen LogP contribution in [0.5, 0.6) is 0 Å². The van der Waals surface area contributed by atoms with Crippen LogP contribution in [0.3, 0.4) is 0 Å². The van der Waals surface area contributed by atoms with Gasteiger partial charge in [-0.2, -0.15) is 13.2 Å². The molecule has 0 saturated heterocycles. The lowest BCUT2D eigenvalue weighted by Gasteiger charge is -2.37.